The maximum atomic E-state index is 11.0. The minimum absolute atomic E-state index is 0.451. The molecule has 5 heteroatoms. The zero-order valence-electron chi connectivity index (χ0n) is 11.9. The Morgan fingerprint density at radius 3 is 2.39 bits per heavy atom. The SMILES string of the molecule is CCOC(CCN1CC(C)N(C)C(C)C1)C(=O)O. The van der Waals surface area contributed by atoms with Crippen molar-refractivity contribution in [3.05, 3.63) is 0 Å². The van der Waals surface area contributed by atoms with Crippen LogP contribution in [0.3, 0.4) is 0 Å². The van der Waals surface area contributed by atoms with Crippen LogP contribution >= 0.6 is 0 Å². The van der Waals surface area contributed by atoms with Crippen molar-refractivity contribution in [1.29, 1.82) is 0 Å². The summed E-state index contributed by atoms with van der Waals surface area (Å²) in [5.74, 6) is -0.855. The van der Waals surface area contributed by atoms with Crippen LogP contribution in [0.25, 0.3) is 0 Å². The fourth-order valence-electron chi connectivity index (χ4n) is 2.48. The molecule has 18 heavy (non-hydrogen) atoms. The van der Waals surface area contributed by atoms with Crippen LogP contribution in [-0.4, -0.2) is 72.4 Å². The predicted molar refractivity (Wildman–Crippen MR) is 70.8 cm³/mol. The number of carboxylic acids is 1. The Hall–Kier alpha value is -0.650. The van der Waals surface area contributed by atoms with Gasteiger partial charge in [-0.1, -0.05) is 0 Å². The van der Waals surface area contributed by atoms with Gasteiger partial charge in [-0.15, -0.1) is 0 Å². The number of carbonyl (C=O) groups is 1. The maximum Gasteiger partial charge on any atom is 0.332 e. The van der Waals surface area contributed by atoms with E-state index in [-0.39, 0.29) is 0 Å². The molecule has 5 nitrogen and oxygen atoms in total. The van der Waals surface area contributed by atoms with Crippen LogP contribution < -0.4 is 0 Å². The first kappa shape index (κ1) is 15.4. The Balaban J connectivity index is 2.40. The van der Waals surface area contributed by atoms with Gasteiger partial charge in [-0.25, -0.2) is 4.79 Å². The third kappa shape index (κ3) is 4.23. The highest BCUT2D eigenvalue weighted by atomic mass is 16.5. The van der Waals surface area contributed by atoms with Crippen LogP contribution in [0.15, 0.2) is 0 Å². The predicted octanol–water partition coefficient (Wildman–Crippen LogP) is 0.891. The highest BCUT2D eigenvalue weighted by molar-refractivity contribution is 5.72. The number of carboxylic acid groups (broad SMARTS) is 1. The van der Waals surface area contributed by atoms with Crippen molar-refractivity contribution in [2.75, 3.05) is 33.3 Å². The topological polar surface area (TPSA) is 53.0 Å². The average molecular weight is 258 g/mol. The molecule has 1 N–H and O–H groups in total. The lowest BCUT2D eigenvalue weighted by molar-refractivity contribution is -0.150. The molecule has 1 fully saturated rings. The Morgan fingerprint density at radius 2 is 1.94 bits per heavy atom. The minimum Gasteiger partial charge on any atom is -0.479 e. The van der Waals surface area contributed by atoms with Crippen LogP contribution in [0.2, 0.25) is 0 Å². The van der Waals surface area contributed by atoms with Gasteiger partial charge in [-0.3, -0.25) is 4.90 Å². The van der Waals surface area contributed by atoms with Crippen LogP contribution in [0, 0.1) is 0 Å². The van der Waals surface area contributed by atoms with E-state index in [0.29, 0.717) is 25.1 Å². The summed E-state index contributed by atoms with van der Waals surface area (Å²) in [5.41, 5.74) is 0. The number of nitrogens with zero attached hydrogens (tertiary/aromatic N) is 2. The first-order valence-corrected chi connectivity index (χ1v) is 6.74. The summed E-state index contributed by atoms with van der Waals surface area (Å²) in [6, 6.07) is 1.04. The number of rotatable bonds is 6. The molecule has 3 unspecified atom stereocenters. The maximum absolute atomic E-state index is 11.0. The fraction of sp³-hybridized carbons (Fsp3) is 0.923. The first-order valence-electron chi connectivity index (χ1n) is 6.74. The van der Waals surface area contributed by atoms with E-state index >= 15 is 0 Å². The summed E-state index contributed by atoms with van der Waals surface area (Å²) in [6.45, 7) is 9.49. The van der Waals surface area contributed by atoms with Gasteiger partial charge in [-0.2, -0.15) is 0 Å². The summed E-state index contributed by atoms with van der Waals surface area (Å²) in [5, 5.41) is 9.03. The molecule has 0 radical (unpaired) electrons. The van der Waals surface area contributed by atoms with Crippen molar-refractivity contribution in [3.63, 3.8) is 0 Å². The van der Waals surface area contributed by atoms with E-state index in [9.17, 15) is 4.79 Å². The lowest BCUT2D eigenvalue weighted by Gasteiger charge is -2.42. The number of aliphatic carboxylic acids is 1. The summed E-state index contributed by atoms with van der Waals surface area (Å²) in [6.07, 6.45) is -0.105. The van der Waals surface area contributed by atoms with Gasteiger partial charge in [-0.05, 0) is 34.2 Å². The van der Waals surface area contributed by atoms with Gasteiger partial charge >= 0.3 is 5.97 Å². The standard InChI is InChI=1S/C13H26N2O3/c1-5-18-12(13(16)17)6-7-15-8-10(2)14(4)11(3)9-15/h10-12H,5-9H2,1-4H3,(H,16,17). The number of piperazine rings is 1. The van der Waals surface area contributed by atoms with Crippen LogP contribution in [0.4, 0.5) is 0 Å². The molecule has 0 aromatic carbocycles. The highest BCUT2D eigenvalue weighted by Gasteiger charge is 2.27. The van der Waals surface area contributed by atoms with Crippen molar-refractivity contribution >= 4 is 5.97 Å². The van der Waals surface area contributed by atoms with E-state index in [4.69, 9.17) is 9.84 Å². The molecular formula is C13H26N2O3. The van der Waals surface area contributed by atoms with Gasteiger partial charge in [0.05, 0.1) is 0 Å². The molecule has 0 aromatic rings. The molecule has 3 atom stereocenters. The Kier molecular flexibility index (Phi) is 6.05. The monoisotopic (exact) mass is 258 g/mol. The van der Waals surface area contributed by atoms with Gasteiger partial charge in [0, 0.05) is 38.3 Å². The normalized spacial score (nSPS) is 28.2. The second kappa shape index (κ2) is 7.07. The van der Waals surface area contributed by atoms with Crippen molar-refractivity contribution in [2.24, 2.45) is 0 Å². The van der Waals surface area contributed by atoms with E-state index in [1.54, 1.807) is 0 Å². The molecule has 106 valence electrons. The van der Waals surface area contributed by atoms with Gasteiger partial charge in [0.25, 0.3) is 0 Å². The first-order chi connectivity index (χ1) is 8.45. The highest BCUT2D eigenvalue weighted by Crippen LogP contribution is 2.14. The van der Waals surface area contributed by atoms with E-state index in [2.05, 4.69) is 30.7 Å². The van der Waals surface area contributed by atoms with Gasteiger partial charge in [0.2, 0.25) is 0 Å². The second-order valence-corrected chi connectivity index (χ2v) is 5.19. The average Bonchev–Trinajstić information content (AvgIpc) is 2.30. The smallest absolute Gasteiger partial charge is 0.332 e. The molecule has 0 amide bonds. The molecule has 1 heterocycles. The third-order valence-corrected chi connectivity index (χ3v) is 3.79. The number of hydrogen-bond acceptors (Lipinski definition) is 4. The largest absolute Gasteiger partial charge is 0.479 e. The zero-order chi connectivity index (χ0) is 13.7. The Morgan fingerprint density at radius 1 is 1.39 bits per heavy atom. The zero-order valence-corrected chi connectivity index (χ0v) is 11.9. The molecule has 0 bridgehead atoms. The molecule has 0 aliphatic carbocycles. The third-order valence-electron chi connectivity index (χ3n) is 3.79. The number of ether oxygens (including phenoxy) is 1. The summed E-state index contributed by atoms with van der Waals surface area (Å²) >= 11 is 0. The molecule has 0 aromatic heterocycles. The summed E-state index contributed by atoms with van der Waals surface area (Å²) in [7, 11) is 2.15. The van der Waals surface area contributed by atoms with E-state index < -0.39 is 12.1 Å². The van der Waals surface area contributed by atoms with Crippen LogP contribution in [-0.2, 0) is 9.53 Å². The van der Waals surface area contributed by atoms with Gasteiger partial charge in [0.15, 0.2) is 6.10 Å². The van der Waals surface area contributed by atoms with Crippen LogP contribution in [0.5, 0.6) is 0 Å². The summed E-state index contributed by atoms with van der Waals surface area (Å²) in [4.78, 5) is 15.7. The minimum atomic E-state index is -0.855. The lowest BCUT2D eigenvalue weighted by Crippen LogP contribution is -2.55. The Bertz CT molecular complexity index is 261. The van der Waals surface area contributed by atoms with Crippen LogP contribution in [0.1, 0.15) is 27.2 Å². The number of hydrogen-bond donors (Lipinski definition) is 1. The fourth-order valence-corrected chi connectivity index (χ4v) is 2.48. The molecule has 1 saturated heterocycles. The van der Waals surface area contributed by atoms with Gasteiger partial charge in [0.1, 0.15) is 0 Å². The van der Waals surface area contributed by atoms with E-state index in [0.717, 1.165) is 19.6 Å². The Labute approximate surface area is 110 Å². The molecule has 1 aliphatic rings. The van der Waals surface area contributed by atoms with Gasteiger partial charge < -0.3 is 14.7 Å². The van der Waals surface area contributed by atoms with Crippen molar-refractivity contribution in [1.82, 2.24) is 9.80 Å². The summed E-state index contributed by atoms with van der Waals surface area (Å²) < 4.78 is 5.23. The molecule has 0 spiro atoms. The molecule has 1 aliphatic heterocycles. The van der Waals surface area contributed by atoms with Crippen molar-refractivity contribution in [2.45, 2.75) is 45.4 Å². The molecular weight excluding hydrogens is 232 g/mol. The quantitative estimate of drug-likeness (QED) is 0.767. The van der Waals surface area contributed by atoms with E-state index in [1.165, 1.54) is 0 Å². The number of likely N-dealkylation sites (N-methyl/N-ethyl adjacent to an activating group) is 1. The molecule has 0 saturated carbocycles. The molecule has 1 rings (SSSR count). The second-order valence-electron chi connectivity index (χ2n) is 5.19. The van der Waals surface area contributed by atoms with Crippen molar-refractivity contribution in [3.8, 4) is 0 Å². The van der Waals surface area contributed by atoms with Crippen molar-refractivity contribution < 1.29 is 14.6 Å². The van der Waals surface area contributed by atoms with E-state index in [1.807, 2.05) is 6.92 Å². The lowest BCUT2D eigenvalue weighted by atomic mass is 10.1.